The Morgan fingerprint density at radius 1 is 0.887 bits per heavy atom. The number of benzene rings is 2. The number of nitrogens with zero attached hydrogens (tertiary/aromatic N) is 4. The van der Waals surface area contributed by atoms with Crippen LogP contribution in [0.25, 0.3) is 10.6 Å². The molecule has 3 amide bonds. The third-order valence-electron chi connectivity index (χ3n) is 9.99. The van der Waals surface area contributed by atoms with Gasteiger partial charge in [0.2, 0.25) is 0 Å². The van der Waals surface area contributed by atoms with Crippen LogP contribution < -0.4 is 20.4 Å². The van der Waals surface area contributed by atoms with Crippen LogP contribution >= 0.6 is 11.3 Å². The zero-order valence-corrected chi connectivity index (χ0v) is 29.4. The highest BCUT2D eigenvalue weighted by Gasteiger charge is 2.45. The van der Waals surface area contributed by atoms with Crippen molar-refractivity contribution in [2.24, 2.45) is 5.41 Å². The van der Waals surface area contributed by atoms with Crippen LogP contribution in [0.4, 0.5) is 36.1 Å². The van der Waals surface area contributed by atoms with E-state index in [1.807, 2.05) is 6.92 Å². The Kier molecular flexibility index (Phi) is 8.95. The molecule has 2 saturated heterocycles. The van der Waals surface area contributed by atoms with Crippen molar-refractivity contribution in [1.29, 1.82) is 0 Å². The molecule has 270 valence electrons. The number of anilines is 4. The van der Waals surface area contributed by atoms with E-state index in [2.05, 4.69) is 25.5 Å². The molecular weight excluding hydrogens is 706 g/mol. The van der Waals surface area contributed by atoms with Gasteiger partial charge in [-0.2, -0.15) is 0 Å². The second kappa shape index (κ2) is 13.7. The Morgan fingerprint density at radius 3 is 2.42 bits per heavy atom. The number of carbonyl (C=O) groups excluding carboxylic acids is 3. The third-order valence-corrected chi connectivity index (χ3v) is 11.2. The van der Waals surface area contributed by atoms with Gasteiger partial charge in [0.05, 0.1) is 26.7 Å². The smallest absolute Gasteiger partial charge is 0.265 e. The molecule has 14 heteroatoms. The van der Waals surface area contributed by atoms with Gasteiger partial charge in [-0.1, -0.05) is 6.07 Å². The molecule has 5 aromatic rings. The van der Waals surface area contributed by atoms with Crippen LogP contribution in [0, 0.1) is 29.8 Å². The first-order valence-electron chi connectivity index (χ1n) is 17.1. The van der Waals surface area contributed by atoms with Gasteiger partial charge >= 0.3 is 0 Å². The summed E-state index contributed by atoms with van der Waals surface area (Å²) in [6.07, 6.45) is 5.52. The van der Waals surface area contributed by atoms with Crippen molar-refractivity contribution in [2.45, 2.75) is 26.2 Å². The maximum Gasteiger partial charge on any atom is 0.265 e. The van der Waals surface area contributed by atoms with Gasteiger partial charge in [0.25, 0.3) is 17.7 Å². The second-order valence-corrected chi connectivity index (χ2v) is 14.6. The number of hydrogen-bond acceptors (Lipinski definition) is 8. The van der Waals surface area contributed by atoms with Gasteiger partial charge < -0.3 is 25.2 Å². The predicted molar refractivity (Wildman–Crippen MR) is 195 cm³/mol. The molecule has 2 fully saturated rings. The van der Waals surface area contributed by atoms with Gasteiger partial charge in [0, 0.05) is 56.2 Å². The number of halogens is 3. The molecule has 0 radical (unpaired) electrons. The topological polar surface area (TPSA) is 117 Å². The first-order valence-corrected chi connectivity index (χ1v) is 18.0. The predicted octanol–water partition coefficient (Wildman–Crippen LogP) is 7.26. The van der Waals surface area contributed by atoms with Gasteiger partial charge in [0.1, 0.15) is 34.7 Å². The molecule has 0 unspecified atom stereocenters. The van der Waals surface area contributed by atoms with Gasteiger partial charge in [-0.05, 0) is 91.9 Å². The highest BCUT2D eigenvalue weighted by Crippen LogP contribution is 2.43. The van der Waals surface area contributed by atoms with E-state index in [4.69, 9.17) is 4.74 Å². The molecule has 3 aliphatic heterocycles. The zero-order chi connectivity index (χ0) is 36.9. The monoisotopic (exact) mass is 738 g/mol. The average Bonchev–Trinajstić information content (AvgIpc) is 3.51. The molecule has 0 saturated carbocycles. The van der Waals surface area contributed by atoms with E-state index >= 15 is 4.39 Å². The maximum absolute atomic E-state index is 15.7. The van der Waals surface area contributed by atoms with Crippen molar-refractivity contribution in [3.63, 3.8) is 0 Å². The number of amides is 3. The van der Waals surface area contributed by atoms with E-state index in [1.165, 1.54) is 23.1 Å². The minimum atomic E-state index is -0.895. The van der Waals surface area contributed by atoms with Crippen molar-refractivity contribution < 1.29 is 32.3 Å². The number of aromatic nitrogens is 2. The normalized spacial score (nSPS) is 15.9. The van der Waals surface area contributed by atoms with E-state index in [-0.39, 0.29) is 28.1 Å². The van der Waals surface area contributed by atoms with Crippen molar-refractivity contribution in [2.75, 3.05) is 53.3 Å². The van der Waals surface area contributed by atoms with E-state index in [1.54, 1.807) is 36.7 Å². The largest absolute Gasteiger partial charge is 0.381 e. The average molecular weight is 739 g/mol. The molecule has 0 atom stereocenters. The lowest BCUT2D eigenvalue weighted by atomic mass is 9.73. The van der Waals surface area contributed by atoms with Crippen LogP contribution in [0.15, 0.2) is 73.1 Å². The van der Waals surface area contributed by atoms with E-state index in [0.717, 1.165) is 79.8 Å². The number of nitrogens with one attached hydrogen (secondary N) is 2. The number of hydrogen-bond donors (Lipinski definition) is 2. The number of aryl methyl sites for hydroxylation is 1. The third kappa shape index (κ3) is 6.52. The van der Waals surface area contributed by atoms with Crippen LogP contribution in [0.3, 0.4) is 0 Å². The first kappa shape index (κ1) is 34.5. The molecule has 0 aliphatic carbocycles. The molecule has 2 aromatic carbocycles. The van der Waals surface area contributed by atoms with E-state index < -0.39 is 40.9 Å². The summed E-state index contributed by atoms with van der Waals surface area (Å²) in [5.41, 5.74) is 2.35. The number of pyridine rings is 2. The van der Waals surface area contributed by atoms with E-state index in [9.17, 15) is 23.2 Å². The summed E-state index contributed by atoms with van der Waals surface area (Å²) in [4.78, 5) is 54.1. The Morgan fingerprint density at radius 2 is 1.66 bits per heavy atom. The summed E-state index contributed by atoms with van der Waals surface area (Å²) >= 11 is 1.09. The molecule has 1 spiro atoms. The minimum Gasteiger partial charge on any atom is -0.381 e. The molecule has 3 aliphatic rings. The van der Waals surface area contributed by atoms with Crippen LogP contribution in [0.5, 0.6) is 0 Å². The van der Waals surface area contributed by atoms with Gasteiger partial charge in [-0.25, -0.2) is 18.2 Å². The summed E-state index contributed by atoms with van der Waals surface area (Å²) in [5, 5.41) is 4.99. The van der Waals surface area contributed by atoms with Crippen LogP contribution in [0.1, 0.15) is 54.4 Å². The summed E-state index contributed by atoms with van der Waals surface area (Å²) in [5.74, 6) is -3.69. The van der Waals surface area contributed by atoms with Crippen LogP contribution in [-0.4, -0.2) is 60.5 Å². The number of ether oxygens (including phenoxy) is 1. The van der Waals surface area contributed by atoms with Crippen molar-refractivity contribution in [3.8, 4) is 10.6 Å². The molecule has 3 aromatic heterocycles. The summed E-state index contributed by atoms with van der Waals surface area (Å²) < 4.78 is 49.6. The van der Waals surface area contributed by atoms with E-state index in [0.29, 0.717) is 34.1 Å². The Balaban J connectivity index is 0.996. The summed E-state index contributed by atoms with van der Waals surface area (Å²) in [6.45, 7) is 5.01. The van der Waals surface area contributed by atoms with Gasteiger partial charge in [0.15, 0.2) is 0 Å². The second-order valence-electron chi connectivity index (χ2n) is 13.6. The standard InChI is InChI=1S/C39H33F3N6O4S/c1-22-16-25(35(44-19-22)47-20-39(21-47)10-14-52-15-11-39)36(49)45-29-8-7-24(17-28(29)42)38(51)48-13-9-23-18-31(53-34(23)33-30(48)6-3-12-43-33)37(50)46-32-26(40)4-2-5-27(32)41/h2-8,12,16-19H,9-11,13-15,20-21H2,1H3,(H,45,49)(H,46,50). The lowest BCUT2D eigenvalue weighted by Crippen LogP contribution is -2.59. The number of fused-ring (bicyclic) bond motifs is 3. The SMILES string of the molecule is Cc1cnc(N2CC3(CCOCC3)C2)c(C(=O)Nc2ccc(C(=O)N3CCc4cc(C(=O)Nc5c(F)cccc5F)sc4-c4ncccc43)cc2F)c1. The summed E-state index contributed by atoms with van der Waals surface area (Å²) in [7, 11) is 0. The molecule has 0 bridgehead atoms. The Hall–Kier alpha value is -5.60. The number of para-hydroxylation sites is 1. The minimum absolute atomic E-state index is 0.0628. The maximum atomic E-state index is 15.7. The Labute approximate surface area is 306 Å². The molecule has 6 heterocycles. The molecule has 2 N–H and O–H groups in total. The quantitative estimate of drug-likeness (QED) is 0.189. The fourth-order valence-electron chi connectivity index (χ4n) is 7.18. The number of carbonyl (C=O) groups is 3. The van der Waals surface area contributed by atoms with Gasteiger partial charge in [-0.3, -0.25) is 19.4 Å². The number of thiophene rings is 1. The molecule has 8 rings (SSSR count). The lowest BCUT2D eigenvalue weighted by molar-refractivity contribution is -0.000511. The molecule has 53 heavy (non-hydrogen) atoms. The zero-order valence-electron chi connectivity index (χ0n) is 28.5. The summed E-state index contributed by atoms with van der Waals surface area (Å²) in [6, 6.07) is 14.0. The fourth-order valence-corrected chi connectivity index (χ4v) is 8.29. The first-order chi connectivity index (χ1) is 25.6. The number of rotatable bonds is 6. The van der Waals surface area contributed by atoms with Crippen molar-refractivity contribution in [1.82, 2.24) is 9.97 Å². The highest BCUT2D eigenvalue weighted by molar-refractivity contribution is 7.17. The van der Waals surface area contributed by atoms with Crippen LogP contribution in [0.2, 0.25) is 0 Å². The van der Waals surface area contributed by atoms with Crippen molar-refractivity contribution in [3.05, 3.63) is 118 Å². The van der Waals surface area contributed by atoms with Crippen molar-refractivity contribution >= 4 is 51.9 Å². The van der Waals surface area contributed by atoms with Gasteiger partial charge in [-0.15, -0.1) is 11.3 Å². The Bertz CT molecular complexity index is 2260. The molecular formula is C39H33F3N6O4S. The van der Waals surface area contributed by atoms with Crippen LogP contribution in [-0.2, 0) is 11.2 Å². The highest BCUT2D eigenvalue weighted by atomic mass is 32.1. The molecule has 10 nitrogen and oxygen atoms in total. The lowest BCUT2D eigenvalue weighted by Gasteiger charge is -2.53. The fraction of sp³-hybridized carbons (Fsp3) is 0.256.